The van der Waals surface area contributed by atoms with E-state index in [1.165, 1.54) is 0 Å². The van der Waals surface area contributed by atoms with Crippen LogP contribution in [0.4, 0.5) is 10.6 Å². The van der Waals surface area contributed by atoms with Crippen LogP contribution < -0.4 is 5.32 Å². The number of anilines is 1. The van der Waals surface area contributed by atoms with Crippen LogP contribution in [-0.4, -0.2) is 98.6 Å². The Kier molecular flexibility index (Phi) is 8.08. The molecular weight excluding hydrogens is 496 g/mol. The molecule has 1 saturated heterocycles. The third kappa shape index (κ3) is 6.04. The van der Waals surface area contributed by atoms with E-state index in [4.69, 9.17) is 4.74 Å². The van der Waals surface area contributed by atoms with Crippen molar-refractivity contribution in [1.29, 1.82) is 0 Å². The largest absolute Gasteiger partial charge is 0.373 e. The monoisotopic (exact) mass is 534 g/mol. The summed E-state index contributed by atoms with van der Waals surface area (Å²) in [6, 6.07) is 6.57. The van der Waals surface area contributed by atoms with Gasteiger partial charge in [-0.1, -0.05) is 6.92 Å². The first-order chi connectivity index (χ1) is 18.8. The van der Waals surface area contributed by atoms with E-state index in [-0.39, 0.29) is 23.9 Å². The predicted molar refractivity (Wildman–Crippen MR) is 148 cm³/mol. The number of carbonyl (C=O) groups excluding carboxylic acids is 2. The topological polar surface area (TPSA) is 108 Å². The van der Waals surface area contributed by atoms with Gasteiger partial charge in [0.15, 0.2) is 11.6 Å². The minimum atomic E-state index is -0.0269. The van der Waals surface area contributed by atoms with E-state index in [0.717, 1.165) is 55.5 Å². The maximum Gasteiger partial charge on any atom is 0.319 e. The van der Waals surface area contributed by atoms with Gasteiger partial charge in [0, 0.05) is 88.6 Å². The quantitative estimate of drug-likeness (QED) is 0.443. The summed E-state index contributed by atoms with van der Waals surface area (Å²) in [7, 11) is 3.57. The number of urea groups is 1. The molecule has 1 N–H and O–H groups in total. The summed E-state index contributed by atoms with van der Waals surface area (Å²) >= 11 is 0. The average molecular weight is 535 g/mol. The van der Waals surface area contributed by atoms with Crippen LogP contribution in [0.5, 0.6) is 0 Å². The van der Waals surface area contributed by atoms with Crippen molar-refractivity contribution < 1.29 is 14.3 Å². The van der Waals surface area contributed by atoms with Crippen molar-refractivity contribution in [1.82, 2.24) is 34.3 Å². The van der Waals surface area contributed by atoms with Gasteiger partial charge in [-0.25, -0.2) is 19.3 Å². The molecule has 1 saturated carbocycles. The summed E-state index contributed by atoms with van der Waals surface area (Å²) in [5.74, 6) is 1.20. The predicted octanol–water partition coefficient (Wildman–Crippen LogP) is 3.12. The number of rotatable bonds is 8. The highest BCUT2D eigenvalue weighted by molar-refractivity contribution is 5.93. The number of hydrogen-bond acceptors (Lipinski definition) is 7. The highest BCUT2D eigenvalue weighted by Gasteiger charge is 2.41. The van der Waals surface area contributed by atoms with Gasteiger partial charge in [0.1, 0.15) is 6.61 Å². The smallest absolute Gasteiger partial charge is 0.319 e. The van der Waals surface area contributed by atoms with Gasteiger partial charge in [-0.3, -0.25) is 9.69 Å². The number of nitrogens with one attached hydrogen (secondary N) is 1. The molecule has 11 nitrogen and oxygen atoms in total. The summed E-state index contributed by atoms with van der Waals surface area (Å²) in [6.07, 6.45) is 8.10. The average Bonchev–Trinajstić information content (AvgIpc) is 3.30. The molecule has 0 radical (unpaired) electrons. The molecule has 0 spiro atoms. The number of carbonyl (C=O) groups is 2. The molecule has 1 atom stereocenters. The van der Waals surface area contributed by atoms with Crippen LogP contribution in [0.1, 0.15) is 38.9 Å². The van der Waals surface area contributed by atoms with Crippen LogP contribution in [-0.2, 0) is 16.1 Å². The number of hydrogen-bond donors (Lipinski definition) is 1. The molecule has 11 heteroatoms. The fraction of sp³-hybridized carbons (Fsp3) is 0.536. The Balaban J connectivity index is 1.14. The molecule has 3 amide bonds. The Labute approximate surface area is 229 Å². The van der Waals surface area contributed by atoms with Crippen molar-refractivity contribution in [3.63, 3.8) is 0 Å². The molecule has 1 aliphatic carbocycles. The first kappa shape index (κ1) is 27.0. The zero-order valence-electron chi connectivity index (χ0n) is 23.2. The lowest BCUT2D eigenvalue weighted by Crippen LogP contribution is -2.61. The zero-order valence-corrected chi connectivity index (χ0v) is 23.2. The van der Waals surface area contributed by atoms with Crippen molar-refractivity contribution in [3.05, 3.63) is 42.6 Å². The molecule has 0 bridgehead atoms. The van der Waals surface area contributed by atoms with E-state index in [0.29, 0.717) is 30.9 Å². The highest BCUT2D eigenvalue weighted by atomic mass is 16.5. The number of pyridine rings is 1. The van der Waals surface area contributed by atoms with Crippen molar-refractivity contribution in [2.75, 3.05) is 45.7 Å². The van der Waals surface area contributed by atoms with E-state index in [2.05, 4.69) is 39.1 Å². The Hall–Kier alpha value is -3.57. The second-order valence-electron chi connectivity index (χ2n) is 10.8. The molecule has 0 aromatic carbocycles. The van der Waals surface area contributed by atoms with Gasteiger partial charge in [-0.05, 0) is 43.9 Å². The number of aromatic nitrogens is 4. The van der Waals surface area contributed by atoms with Crippen LogP contribution in [0.25, 0.3) is 16.6 Å². The summed E-state index contributed by atoms with van der Waals surface area (Å²) in [6.45, 7) is 7.62. The molecule has 3 aromatic rings. The molecular formula is C28H38N8O3. The first-order valence-corrected chi connectivity index (χ1v) is 13.7. The maximum absolute atomic E-state index is 12.9. The summed E-state index contributed by atoms with van der Waals surface area (Å²) in [5, 5.41) is 7.54. The molecule has 2 fully saturated rings. The van der Waals surface area contributed by atoms with Crippen LogP contribution >= 0.6 is 0 Å². The second-order valence-corrected chi connectivity index (χ2v) is 10.8. The van der Waals surface area contributed by atoms with Crippen LogP contribution in [0, 0.1) is 5.92 Å². The fourth-order valence-corrected chi connectivity index (χ4v) is 5.39. The SMILES string of the molecule is CCCOCc1ncc(-c2ccn3nc(NC(=O)C4CC(N5CCN(C(=O)N(C)C)C[C@@H]5C)C4)cc3c2)cn1. The van der Waals surface area contributed by atoms with E-state index in [1.54, 1.807) is 35.9 Å². The van der Waals surface area contributed by atoms with Gasteiger partial charge >= 0.3 is 6.03 Å². The Morgan fingerprint density at radius 3 is 2.59 bits per heavy atom. The van der Waals surface area contributed by atoms with Gasteiger partial charge in [-0.2, -0.15) is 5.10 Å². The number of nitrogens with zero attached hydrogens (tertiary/aromatic N) is 7. The van der Waals surface area contributed by atoms with Crippen LogP contribution in [0.3, 0.4) is 0 Å². The molecule has 0 unspecified atom stereocenters. The minimum absolute atomic E-state index is 0.0123. The van der Waals surface area contributed by atoms with Crippen molar-refractivity contribution in [2.24, 2.45) is 5.92 Å². The van der Waals surface area contributed by atoms with E-state index in [9.17, 15) is 9.59 Å². The molecule has 1 aliphatic heterocycles. The van der Waals surface area contributed by atoms with E-state index in [1.807, 2.05) is 29.3 Å². The lowest BCUT2D eigenvalue weighted by molar-refractivity contribution is -0.125. The standard InChI is InChI=1S/C28H38N8O3/c1-5-10-39-18-26-29-15-22(16-30-26)20-6-7-36-24(11-20)14-25(32-36)31-27(37)21-12-23(13-21)35-9-8-34(17-19(35)2)28(38)33(3)4/h6-7,11,14-16,19,21,23H,5,8-10,12-13,17-18H2,1-4H3,(H,31,32,37)/t19-,21?,23?/m0/s1. The lowest BCUT2D eigenvalue weighted by atomic mass is 9.78. The number of fused-ring (bicyclic) bond motifs is 1. The van der Waals surface area contributed by atoms with Gasteiger partial charge in [0.25, 0.3) is 0 Å². The number of piperazine rings is 1. The summed E-state index contributed by atoms with van der Waals surface area (Å²) < 4.78 is 7.26. The fourth-order valence-electron chi connectivity index (χ4n) is 5.39. The van der Waals surface area contributed by atoms with Crippen molar-refractivity contribution in [3.8, 4) is 11.1 Å². The van der Waals surface area contributed by atoms with Crippen LogP contribution in [0.2, 0.25) is 0 Å². The Bertz CT molecular complexity index is 1300. The molecule has 39 heavy (non-hydrogen) atoms. The maximum atomic E-state index is 12.9. The molecule has 5 rings (SSSR count). The summed E-state index contributed by atoms with van der Waals surface area (Å²) in [5.41, 5.74) is 2.76. The highest BCUT2D eigenvalue weighted by Crippen LogP contribution is 2.35. The van der Waals surface area contributed by atoms with Crippen molar-refractivity contribution >= 4 is 23.3 Å². The van der Waals surface area contributed by atoms with Gasteiger partial charge < -0.3 is 19.9 Å². The van der Waals surface area contributed by atoms with E-state index < -0.39 is 0 Å². The third-order valence-electron chi connectivity index (χ3n) is 7.62. The van der Waals surface area contributed by atoms with Crippen LogP contribution in [0.15, 0.2) is 36.8 Å². The third-order valence-corrected chi connectivity index (χ3v) is 7.62. The Morgan fingerprint density at radius 1 is 1.13 bits per heavy atom. The zero-order chi connectivity index (χ0) is 27.5. The van der Waals surface area contributed by atoms with Gasteiger partial charge in [0.05, 0.1) is 5.52 Å². The normalized spacial score (nSPS) is 21.5. The first-order valence-electron chi connectivity index (χ1n) is 13.7. The van der Waals surface area contributed by atoms with Crippen molar-refractivity contribution in [2.45, 2.75) is 51.8 Å². The van der Waals surface area contributed by atoms with Gasteiger partial charge in [0.2, 0.25) is 5.91 Å². The summed E-state index contributed by atoms with van der Waals surface area (Å²) in [4.78, 5) is 40.0. The molecule has 2 aliphatic rings. The number of amides is 3. The molecule has 208 valence electrons. The van der Waals surface area contributed by atoms with E-state index >= 15 is 0 Å². The second kappa shape index (κ2) is 11.7. The molecule has 3 aromatic heterocycles. The minimum Gasteiger partial charge on any atom is -0.373 e. The van der Waals surface area contributed by atoms with Gasteiger partial charge in [-0.15, -0.1) is 0 Å². The lowest BCUT2D eigenvalue weighted by Gasteiger charge is -2.49. The number of ether oxygens (including phenoxy) is 1. The molecule has 4 heterocycles. The Morgan fingerprint density at radius 2 is 1.90 bits per heavy atom.